The quantitative estimate of drug-likeness (QED) is 0.587. The molecule has 7 heteroatoms. The van der Waals surface area contributed by atoms with Crippen LogP contribution < -0.4 is 0 Å². The number of likely N-dealkylation sites (tertiary alicyclic amines) is 1. The zero-order valence-electron chi connectivity index (χ0n) is 15.5. The van der Waals surface area contributed by atoms with Crippen LogP contribution in [0.4, 0.5) is 4.39 Å². The predicted molar refractivity (Wildman–Crippen MR) is 105 cm³/mol. The molecule has 0 aliphatic carbocycles. The average molecular weight is 399 g/mol. The number of hydrogen-bond donors (Lipinski definition) is 0. The van der Waals surface area contributed by atoms with Gasteiger partial charge in [0.2, 0.25) is 17.6 Å². The Labute approximate surface area is 167 Å². The van der Waals surface area contributed by atoms with Gasteiger partial charge in [-0.1, -0.05) is 23.4 Å². The van der Waals surface area contributed by atoms with Gasteiger partial charge in [-0.3, -0.25) is 4.79 Å². The number of amides is 1. The Balaban J connectivity index is 1.27. The molecular formula is C21H22FN3O2S. The number of halogens is 1. The van der Waals surface area contributed by atoms with Crippen LogP contribution >= 0.6 is 11.3 Å². The Morgan fingerprint density at radius 2 is 2.14 bits per heavy atom. The average Bonchev–Trinajstić information content (AvgIpc) is 3.45. The van der Waals surface area contributed by atoms with Gasteiger partial charge in [0.05, 0.1) is 4.88 Å². The number of aromatic nitrogens is 2. The molecule has 146 valence electrons. The van der Waals surface area contributed by atoms with E-state index in [1.165, 1.54) is 12.1 Å². The van der Waals surface area contributed by atoms with E-state index in [2.05, 4.69) is 10.1 Å². The fourth-order valence-corrected chi connectivity index (χ4v) is 4.31. The second kappa shape index (κ2) is 8.65. The number of nitrogens with zero attached hydrogens (tertiary/aromatic N) is 3. The number of benzene rings is 1. The molecular weight excluding hydrogens is 377 g/mol. The van der Waals surface area contributed by atoms with Gasteiger partial charge in [-0.2, -0.15) is 4.98 Å². The number of aryl methyl sites for hydroxylation is 1. The van der Waals surface area contributed by atoms with Crippen LogP contribution in [0.25, 0.3) is 10.7 Å². The predicted octanol–water partition coefficient (Wildman–Crippen LogP) is 4.49. The summed E-state index contributed by atoms with van der Waals surface area (Å²) in [5.41, 5.74) is 1.07. The van der Waals surface area contributed by atoms with Crippen LogP contribution in [0.2, 0.25) is 0 Å². The molecule has 1 amide bonds. The van der Waals surface area contributed by atoms with Crippen LogP contribution in [0, 0.1) is 5.82 Å². The first-order valence-corrected chi connectivity index (χ1v) is 10.5. The van der Waals surface area contributed by atoms with Crippen molar-refractivity contribution in [2.24, 2.45) is 0 Å². The summed E-state index contributed by atoms with van der Waals surface area (Å²) in [5.74, 6) is 1.12. The largest absolute Gasteiger partial charge is 0.339 e. The SMILES string of the molecule is O=C(CCCc1nc(-c2cccs2)no1)N1CCCC1Cc1ccc(F)cc1. The fourth-order valence-electron chi connectivity index (χ4n) is 3.67. The normalized spacial score (nSPS) is 16.6. The van der Waals surface area contributed by atoms with Crippen molar-refractivity contribution < 1.29 is 13.7 Å². The minimum Gasteiger partial charge on any atom is -0.339 e. The number of carbonyl (C=O) groups excluding carboxylic acids is 1. The number of hydrogen-bond acceptors (Lipinski definition) is 5. The Morgan fingerprint density at radius 3 is 2.93 bits per heavy atom. The lowest BCUT2D eigenvalue weighted by atomic mass is 10.0. The topological polar surface area (TPSA) is 59.2 Å². The molecule has 2 aromatic heterocycles. The molecule has 0 bridgehead atoms. The summed E-state index contributed by atoms with van der Waals surface area (Å²) >= 11 is 1.57. The van der Waals surface area contributed by atoms with Crippen LogP contribution in [-0.2, 0) is 17.6 Å². The van der Waals surface area contributed by atoms with Crippen LogP contribution in [0.3, 0.4) is 0 Å². The van der Waals surface area contributed by atoms with Gasteiger partial charge < -0.3 is 9.42 Å². The molecule has 1 aliphatic heterocycles. The van der Waals surface area contributed by atoms with Crippen LogP contribution in [0.15, 0.2) is 46.3 Å². The van der Waals surface area contributed by atoms with E-state index >= 15 is 0 Å². The third kappa shape index (κ3) is 4.47. The van der Waals surface area contributed by atoms with E-state index < -0.39 is 0 Å². The van der Waals surface area contributed by atoms with E-state index in [0.29, 0.717) is 31.0 Å². The van der Waals surface area contributed by atoms with Crippen LogP contribution in [-0.4, -0.2) is 33.5 Å². The molecule has 1 aromatic carbocycles. The van der Waals surface area contributed by atoms with Crippen molar-refractivity contribution in [1.82, 2.24) is 15.0 Å². The lowest BCUT2D eigenvalue weighted by Gasteiger charge is -2.25. The molecule has 3 aromatic rings. The van der Waals surface area contributed by atoms with Gasteiger partial charge in [0.25, 0.3) is 0 Å². The Morgan fingerprint density at radius 1 is 1.29 bits per heavy atom. The molecule has 1 fully saturated rings. The number of rotatable bonds is 7. The third-order valence-corrected chi connectivity index (χ3v) is 5.94. The molecule has 1 saturated heterocycles. The summed E-state index contributed by atoms with van der Waals surface area (Å²) in [4.78, 5) is 20.0. The summed E-state index contributed by atoms with van der Waals surface area (Å²) in [6.45, 7) is 0.799. The zero-order chi connectivity index (χ0) is 19.3. The maximum atomic E-state index is 13.1. The summed E-state index contributed by atoms with van der Waals surface area (Å²) in [7, 11) is 0. The van der Waals surface area contributed by atoms with Crippen molar-refractivity contribution in [2.45, 2.75) is 44.6 Å². The first-order valence-electron chi connectivity index (χ1n) is 9.59. The van der Waals surface area contributed by atoms with Gasteiger partial charge in [-0.05, 0) is 54.8 Å². The van der Waals surface area contributed by atoms with Crippen LogP contribution in [0.1, 0.15) is 37.1 Å². The highest BCUT2D eigenvalue weighted by Crippen LogP contribution is 2.24. The standard InChI is InChI=1S/C21H22FN3O2S/c22-16-10-8-15(9-11-16)14-17-4-2-12-25(17)20(26)7-1-6-19-23-21(24-27-19)18-5-3-13-28-18/h3,5,8-11,13,17H,1-2,4,6-7,12,14H2. The maximum Gasteiger partial charge on any atom is 0.226 e. The maximum absolute atomic E-state index is 13.1. The van der Waals surface area contributed by atoms with Gasteiger partial charge >= 0.3 is 0 Å². The lowest BCUT2D eigenvalue weighted by molar-refractivity contribution is -0.132. The summed E-state index contributed by atoms with van der Waals surface area (Å²) in [5, 5.41) is 5.98. The van der Waals surface area contributed by atoms with Crippen molar-refractivity contribution in [3.63, 3.8) is 0 Å². The van der Waals surface area contributed by atoms with Gasteiger partial charge in [-0.25, -0.2) is 4.39 Å². The molecule has 1 unspecified atom stereocenters. The van der Waals surface area contributed by atoms with Gasteiger partial charge in [0.1, 0.15) is 5.82 Å². The van der Waals surface area contributed by atoms with Gasteiger partial charge in [0.15, 0.2) is 0 Å². The van der Waals surface area contributed by atoms with Crippen molar-refractivity contribution in [2.75, 3.05) is 6.54 Å². The number of thiophene rings is 1. The monoisotopic (exact) mass is 399 g/mol. The highest BCUT2D eigenvalue weighted by Gasteiger charge is 2.28. The van der Waals surface area contributed by atoms with Crippen LogP contribution in [0.5, 0.6) is 0 Å². The molecule has 3 heterocycles. The summed E-state index contributed by atoms with van der Waals surface area (Å²) in [6.07, 6.45) is 4.55. The highest BCUT2D eigenvalue weighted by molar-refractivity contribution is 7.13. The molecule has 28 heavy (non-hydrogen) atoms. The molecule has 0 N–H and O–H groups in total. The lowest BCUT2D eigenvalue weighted by Crippen LogP contribution is -2.36. The fraction of sp³-hybridized carbons (Fsp3) is 0.381. The molecule has 0 spiro atoms. The van der Waals surface area contributed by atoms with Gasteiger partial charge in [-0.15, -0.1) is 11.3 Å². The second-order valence-corrected chi connectivity index (χ2v) is 8.00. The molecule has 5 nitrogen and oxygen atoms in total. The van der Waals surface area contributed by atoms with E-state index in [4.69, 9.17) is 4.52 Å². The zero-order valence-corrected chi connectivity index (χ0v) is 16.3. The number of carbonyl (C=O) groups is 1. The first-order chi connectivity index (χ1) is 13.7. The van der Waals surface area contributed by atoms with E-state index in [1.807, 2.05) is 22.4 Å². The minimum atomic E-state index is -0.230. The van der Waals surface area contributed by atoms with E-state index in [-0.39, 0.29) is 17.8 Å². The smallest absolute Gasteiger partial charge is 0.226 e. The molecule has 1 aliphatic rings. The Hall–Kier alpha value is -2.54. The first kappa shape index (κ1) is 18.8. The van der Waals surface area contributed by atoms with E-state index in [1.54, 1.807) is 23.5 Å². The summed E-state index contributed by atoms with van der Waals surface area (Å²) in [6, 6.07) is 10.7. The second-order valence-electron chi connectivity index (χ2n) is 7.06. The molecule has 4 rings (SSSR count). The van der Waals surface area contributed by atoms with Crippen molar-refractivity contribution in [3.8, 4) is 10.7 Å². The minimum absolute atomic E-state index is 0.169. The van der Waals surface area contributed by atoms with E-state index in [9.17, 15) is 9.18 Å². The molecule has 0 radical (unpaired) electrons. The van der Waals surface area contributed by atoms with E-state index in [0.717, 1.165) is 36.2 Å². The van der Waals surface area contributed by atoms with Crippen molar-refractivity contribution in [3.05, 3.63) is 59.0 Å². The highest BCUT2D eigenvalue weighted by atomic mass is 32.1. The summed E-state index contributed by atoms with van der Waals surface area (Å²) < 4.78 is 18.4. The van der Waals surface area contributed by atoms with Gasteiger partial charge in [0, 0.05) is 25.4 Å². The Bertz CT molecular complexity index is 908. The Kier molecular flexibility index (Phi) is 5.81. The molecule has 0 saturated carbocycles. The van der Waals surface area contributed by atoms with Crippen molar-refractivity contribution >= 4 is 17.2 Å². The van der Waals surface area contributed by atoms with Crippen molar-refractivity contribution in [1.29, 1.82) is 0 Å². The molecule has 1 atom stereocenters. The third-order valence-electron chi connectivity index (χ3n) is 5.07.